The maximum Gasteiger partial charge on any atom is 0.341 e. The number of carbonyl (C=O) groups excluding carboxylic acids is 2. The molecule has 0 bridgehead atoms. The molecule has 1 N–H and O–H groups in total. The summed E-state index contributed by atoms with van der Waals surface area (Å²) in [4.78, 5) is 37.7. The lowest BCUT2D eigenvalue weighted by Gasteiger charge is -2.16. The number of carboxylic acid groups (broad SMARTS) is 1. The lowest BCUT2D eigenvalue weighted by Crippen LogP contribution is -2.28. The average molecular weight is 427 g/mol. The van der Waals surface area contributed by atoms with Gasteiger partial charge < -0.3 is 14.6 Å². The van der Waals surface area contributed by atoms with Gasteiger partial charge in [-0.15, -0.1) is 0 Å². The highest BCUT2D eigenvalue weighted by molar-refractivity contribution is 8.19. The predicted octanol–water partition coefficient (Wildman–Crippen LogP) is 4.41. The fourth-order valence-electron chi connectivity index (χ4n) is 2.95. The molecular weight excluding hydrogens is 406 g/mol. The predicted molar refractivity (Wildman–Crippen MR) is 115 cm³/mol. The van der Waals surface area contributed by atoms with Gasteiger partial charge in [-0.3, -0.25) is 9.59 Å². The van der Waals surface area contributed by atoms with Crippen molar-refractivity contribution in [1.29, 1.82) is 0 Å². The lowest BCUT2D eigenvalue weighted by molar-refractivity contribution is -0.139. The highest BCUT2D eigenvalue weighted by Gasteiger charge is 2.37. The average Bonchev–Trinajstić information content (AvgIpc) is 2.97. The van der Waals surface area contributed by atoms with Crippen LogP contribution in [0.3, 0.4) is 0 Å². The summed E-state index contributed by atoms with van der Waals surface area (Å²) < 4.78 is 10.8. The Bertz CT molecular complexity index is 1050. The summed E-state index contributed by atoms with van der Waals surface area (Å²) in [5.41, 5.74) is 3.08. The van der Waals surface area contributed by atoms with Gasteiger partial charge in [0, 0.05) is 0 Å². The van der Waals surface area contributed by atoms with Crippen molar-refractivity contribution in [3.05, 3.63) is 58.0 Å². The molecule has 0 unspecified atom stereocenters. The van der Waals surface area contributed by atoms with E-state index < -0.39 is 12.6 Å². The van der Waals surface area contributed by atoms with E-state index in [4.69, 9.17) is 14.6 Å². The number of benzene rings is 2. The standard InChI is InChI=1S/C22H21NO6S/c1-4-28-18-10-15(8-9-17(18)29-12-20(24)25)11-19-21(26)23(22(27)30-19)16-7-5-6-13(2)14(16)3/h5-11H,4,12H2,1-3H3,(H,24,25)/b19-11+. The molecule has 0 saturated carbocycles. The van der Waals surface area contributed by atoms with Crippen molar-refractivity contribution < 1.29 is 29.0 Å². The number of thioether (sulfide) groups is 1. The van der Waals surface area contributed by atoms with Gasteiger partial charge in [0.15, 0.2) is 18.1 Å². The second-order valence-corrected chi connectivity index (χ2v) is 7.55. The van der Waals surface area contributed by atoms with Crippen molar-refractivity contribution in [3.63, 3.8) is 0 Å². The largest absolute Gasteiger partial charge is 0.490 e. The summed E-state index contributed by atoms with van der Waals surface area (Å²) in [7, 11) is 0. The molecule has 0 atom stereocenters. The van der Waals surface area contributed by atoms with Crippen LogP contribution in [0.4, 0.5) is 10.5 Å². The van der Waals surface area contributed by atoms with Gasteiger partial charge in [0.2, 0.25) is 0 Å². The molecule has 2 aromatic carbocycles. The number of imide groups is 1. The van der Waals surface area contributed by atoms with Crippen LogP contribution in [-0.2, 0) is 9.59 Å². The summed E-state index contributed by atoms with van der Waals surface area (Å²) in [5.74, 6) is -0.828. The molecule has 1 fully saturated rings. The van der Waals surface area contributed by atoms with E-state index in [1.54, 1.807) is 37.3 Å². The number of anilines is 1. The molecule has 2 aromatic rings. The van der Waals surface area contributed by atoms with Gasteiger partial charge in [-0.05, 0) is 73.5 Å². The maximum absolute atomic E-state index is 12.9. The minimum atomic E-state index is -1.10. The number of hydrogen-bond acceptors (Lipinski definition) is 6. The Morgan fingerprint density at radius 3 is 2.60 bits per heavy atom. The van der Waals surface area contributed by atoms with Gasteiger partial charge in [-0.25, -0.2) is 9.69 Å². The fraction of sp³-hybridized carbons (Fsp3) is 0.227. The van der Waals surface area contributed by atoms with E-state index in [2.05, 4.69) is 0 Å². The Morgan fingerprint density at radius 1 is 1.13 bits per heavy atom. The topological polar surface area (TPSA) is 93.1 Å². The molecule has 0 radical (unpaired) electrons. The van der Waals surface area contributed by atoms with E-state index in [0.29, 0.717) is 34.3 Å². The van der Waals surface area contributed by atoms with Crippen LogP contribution in [0.15, 0.2) is 41.3 Å². The molecule has 0 spiro atoms. The Hall–Kier alpha value is -3.26. The molecule has 7 nitrogen and oxygen atoms in total. The maximum atomic E-state index is 12.9. The number of rotatable bonds is 7. The molecule has 1 aliphatic heterocycles. The first-order valence-corrected chi connectivity index (χ1v) is 10.1. The van der Waals surface area contributed by atoms with E-state index in [1.807, 2.05) is 26.0 Å². The molecule has 2 amide bonds. The normalized spacial score (nSPS) is 15.0. The first-order valence-electron chi connectivity index (χ1n) is 9.27. The SMILES string of the molecule is CCOc1cc(/C=C2/SC(=O)N(c3cccc(C)c3C)C2=O)ccc1OCC(=O)O. The Labute approximate surface area is 178 Å². The van der Waals surface area contributed by atoms with Crippen molar-refractivity contribution in [2.75, 3.05) is 18.1 Å². The molecule has 30 heavy (non-hydrogen) atoms. The van der Waals surface area contributed by atoms with Gasteiger partial charge in [-0.2, -0.15) is 0 Å². The highest BCUT2D eigenvalue weighted by atomic mass is 32.2. The fourth-order valence-corrected chi connectivity index (χ4v) is 3.78. The molecular formula is C22H21NO6S. The highest BCUT2D eigenvalue weighted by Crippen LogP contribution is 2.38. The minimum absolute atomic E-state index is 0.292. The van der Waals surface area contributed by atoms with Crippen LogP contribution in [0.1, 0.15) is 23.6 Å². The molecule has 0 aliphatic carbocycles. The second kappa shape index (κ2) is 9.04. The third kappa shape index (κ3) is 4.49. The molecule has 156 valence electrons. The number of aryl methyl sites for hydroxylation is 1. The Kier molecular flexibility index (Phi) is 6.47. The molecule has 1 aliphatic rings. The number of nitrogens with zero attached hydrogens (tertiary/aromatic N) is 1. The van der Waals surface area contributed by atoms with Crippen LogP contribution in [0.2, 0.25) is 0 Å². The van der Waals surface area contributed by atoms with Crippen molar-refractivity contribution in [2.24, 2.45) is 0 Å². The van der Waals surface area contributed by atoms with E-state index in [9.17, 15) is 14.4 Å². The van der Waals surface area contributed by atoms with Gasteiger partial charge in [0.05, 0.1) is 17.2 Å². The third-order valence-electron chi connectivity index (χ3n) is 4.53. The lowest BCUT2D eigenvalue weighted by atomic mass is 10.1. The number of carbonyl (C=O) groups is 3. The van der Waals surface area contributed by atoms with Crippen molar-refractivity contribution in [2.45, 2.75) is 20.8 Å². The Balaban J connectivity index is 1.90. The molecule has 3 rings (SSSR count). The third-order valence-corrected chi connectivity index (χ3v) is 5.40. The number of aliphatic carboxylic acids is 1. The zero-order valence-corrected chi connectivity index (χ0v) is 17.6. The summed E-state index contributed by atoms with van der Waals surface area (Å²) in [6.45, 7) is 5.46. The zero-order valence-electron chi connectivity index (χ0n) is 16.8. The number of carboxylic acids is 1. The van der Waals surface area contributed by atoms with Crippen molar-refractivity contribution in [3.8, 4) is 11.5 Å². The van der Waals surface area contributed by atoms with E-state index in [-0.39, 0.29) is 11.1 Å². The van der Waals surface area contributed by atoms with Gasteiger partial charge in [-0.1, -0.05) is 18.2 Å². The van der Waals surface area contributed by atoms with Crippen molar-refractivity contribution in [1.82, 2.24) is 0 Å². The molecule has 1 heterocycles. The number of ether oxygens (including phenoxy) is 2. The second-order valence-electron chi connectivity index (χ2n) is 6.56. The first-order chi connectivity index (χ1) is 14.3. The van der Waals surface area contributed by atoms with Crippen LogP contribution < -0.4 is 14.4 Å². The number of hydrogen-bond donors (Lipinski definition) is 1. The van der Waals surface area contributed by atoms with Crippen LogP contribution >= 0.6 is 11.8 Å². The summed E-state index contributed by atoms with van der Waals surface area (Å²) in [6.07, 6.45) is 1.61. The smallest absolute Gasteiger partial charge is 0.341 e. The van der Waals surface area contributed by atoms with Crippen LogP contribution in [-0.4, -0.2) is 35.4 Å². The molecule has 8 heteroatoms. The van der Waals surface area contributed by atoms with Gasteiger partial charge in [0.25, 0.3) is 11.1 Å². The summed E-state index contributed by atoms with van der Waals surface area (Å²) >= 11 is 0.872. The monoisotopic (exact) mass is 427 g/mol. The van der Waals surface area contributed by atoms with E-state index in [1.165, 1.54) is 4.90 Å². The summed E-state index contributed by atoms with van der Waals surface area (Å²) in [5, 5.41) is 8.44. The first kappa shape index (κ1) is 21.4. The number of amides is 2. The van der Waals surface area contributed by atoms with Crippen LogP contribution in [0.5, 0.6) is 11.5 Å². The summed E-state index contributed by atoms with van der Waals surface area (Å²) in [6, 6.07) is 10.4. The minimum Gasteiger partial charge on any atom is -0.490 e. The molecule has 1 saturated heterocycles. The molecule has 0 aromatic heterocycles. The van der Waals surface area contributed by atoms with Gasteiger partial charge >= 0.3 is 5.97 Å². The van der Waals surface area contributed by atoms with Crippen LogP contribution in [0, 0.1) is 13.8 Å². The van der Waals surface area contributed by atoms with E-state index >= 15 is 0 Å². The van der Waals surface area contributed by atoms with Gasteiger partial charge in [0.1, 0.15) is 0 Å². The van der Waals surface area contributed by atoms with Crippen LogP contribution in [0.25, 0.3) is 6.08 Å². The van der Waals surface area contributed by atoms with E-state index in [0.717, 1.165) is 22.9 Å². The zero-order chi connectivity index (χ0) is 21.8. The quantitative estimate of drug-likeness (QED) is 0.654. The Morgan fingerprint density at radius 2 is 1.90 bits per heavy atom. The van der Waals surface area contributed by atoms with Crippen molar-refractivity contribution >= 4 is 40.6 Å².